The topological polar surface area (TPSA) is 14.8 Å². The molecule has 3 heterocycles. The van der Waals surface area contributed by atoms with Crippen LogP contribution in [-0.2, 0) is 0 Å². The summed E-state index contributed by atoms with van der Waals surface area (Å²) < 4.78 is 7.49. The van der Waals surface area contributed by atoms with Crippen molar-refractivity contribution in [1.82, 2.24) is 13.7 Å². The van der Waals surface area contributed by atoms with Crippen molar-refractivity contribution < 1.29 is 0 Å². The Morgan fingerprint density at radius 3 is 1.51 bits per heavy atom. The second-order valence-corrected chi connectivity index (χ2v) is 16.4. The summed E-state index contributed by atoms with van der Waals surface area (Å²) >= 11 is 0. The van der Waals surface area contributed by atoms with Crippen molar-refractivity contribution in [2.75, 3.05) is 0 Å². The first kappa shape index (κ1) is 35.4. The van der Waals surface area contributed by atoms with Crippen LogP contribution in [0.3, 0.4) is 0 Å². The first-order valence-corrected chi connectivity index (χ1v) is 21.7. The van der Waals surface area contributed by atoms with Gasteiger partial charge in [-0.05, 0) is 65.2 Å². The molecule has 10 aromatic carbocycles. The molecule has 0 aliphatic carbocycles. The number of hydrogen-bond acceptors (Lipinski definition) is 0. The van der Waals surface area contributed by atoms with Gasteiger partial charge in [-0.1, -0.05) is 188 Å². The Morgan fingerprint density at radius 1 is 0.238 bits per heavy atom. The summed E-state index contributed by atoms with van der Waals surface area (Å²) in [6, 6.07) is 86.5. The lowest BCUT2D eigenvalue weighted by atomic mass is 9.97. The minimum atomic E-state index is 1.14. The van der Waals surface area contributed by atoms with Crippen LogP contribution in [0.15, 0.2) is 237 Å². The van der Waals surface area contributed by atoms with Gasteiger partial charge in [0, 0.05) is 54.7 Å². The number of hydrogen-bond donors (Lipinski definition) is 0. The molecule has 0 N–H and O–H groups in total. The SMILES string of the molecule is c1ccc(-c2ccc(-c3ccccc3)c(-n3c4ccccc4c4cccc(-c5ccccc5-n5c6ccccc6c6c5ccc5c7ccccc7n(-c7ccccc7)c56)c43)c2)cc1. The summed E-state index contributed by atoms with van der Waals surface area (Å²) in [4.78, 5) is 0. The molecule has 0 aliphatic rings. The number of para-hydroxylation sites is 6. The second-order valence-electron chi connectivity index (χ2n) is 16.4. The average Bonchev–Trinajstić information content (AvgIpc) is 4.00. The quantitative estimate of drug-likeness (QED) is 0.159. The zero-order chi connectivity index (χ0) is 41.4. The van der Waals surface area contributed by atoms with Gasteiger partial charge in [-0.2, -0.15) is 0 Å². The van der Waals surface area contributed by atoms with Crippen molar-refractivity contribution in [3.63, 3.8) is 0 Å². The molecule has 0 bridgehead atoms. The largest absolute Gasteiger partial charge is 0.309 e. The van der Waals surface area contributed by atoms with Crippen molar-refractivity contribution in [3.05, 3.63) is 237 Å². The molecule has 0 amide bonds. The van der Waals surface area contributed by atoms with E-state index in [0.717, 1.165) is 17.1 Å². The van der Waals surface area contributed by atoms with Gasteiger partial charge in [0.1, 0.15) is 0 Å². The summed E-state index contributed by atoms with van der Waals surface area (Å²) in [6.45, 7) is 0. The standard InChI is InChI=1S/C60H39N3/c1-4-19-40(20-5-1)42-35-36-44(41-21-6-2-7-22-41)57(39-42)63-54-33-16-12-26-46(54)49-30-18-29-48(59(49)63)45-25-11-15-32-53(45)62-55-34-17-13-28-51(55)58-56(62)38-37-50-47-27-10-14-31-52(47)61(60(50)58)43-23-8-3-9-24-43/h1-39H. The molecule has 0 fully saturated rings. The molecule has 3 aromatic heterocycles. The van der Waals surface area contributed by atoms with Gasteiger partial charge in [-0.3, -0.25) is 0 Å². The third kappa shape index (κ3) is 5.33. The molecular weight excluding hydrogens is 763 g/mol. The highest BCUT2D eigenvalue weighted by Gasteiger charge is 2.24. The summed E-state index contributed by atoms with van der Waals surface area (Å²) in [5.74, 6) is 0. The van der Waals surface area contributed by atoms with E-state index in [0.29, 0.717) is 0 Å². The van der Waals surface area contributed by atoms with E-state index in [1.54, 1.807) is 0 Å². The molecule has 294 valence electrons. The maximum absolute atomic E-state index is 2.53. The van der Waals surface area contributed by atoms with Crippen LogP contribution in [0.1, 0.15) is 0 Å². The molecule has 0 radical (unpaired) electrons. The lowest BCUT2D eigenvalue weighted by molar-refractivity contribution is 1.17. The number of fused-ring (bicyclic) bond motifs is 10. The maximum Gasteiger partial charge on any atom is 0.0641 e. The van der Waals surface area contributed by atoms with Crippen molar-refractivity contribution in [1.29, 1.82) is 0 Å². The fourth-order valence-electron chi connectivity index (χ4n) is 10.4. The number of rotatable bonds is 6. The van der Waals surface area contributed by atoms with Crippen molar-refractivity contribution in [2.45, 2.75) is 0 Å². The Bertz CT molecular complexity index is 3890. The smallest absolute Gasteiger partial charge is 0.0641 e. The van der Waals surface area contributed by atoms with Crippen LogP contribution >= 0.6 is 0 Å². The maximum atomic E-state index is 2.53. The van der Waals surface area contributed by atoms with Crippen molar-refractivity contribution in [3.8, 4) is 50.4 Å². The minimum absolute atomic E-state index is 1.14. The normalized spacial score (nSPS) is 11.8. The Balaban J connectivity index is 1.13. The van der Waals surface area contributed by atoms with Gasteiger partial charge < -0.3 is 13.7 Å². The van der Waals surface area contributed by atoms with Crippen LogP contribution in [0.25, 0.3) is 116 Å². The Labute approximate surface area is 364 Å². The first-order valence-electron chi connectivity index (χ1n) is 21.7. The van der Waals surface area contributed by atoms with Crippen LogP contribution in [0, 0.1) is 0 Å². The van der Waals surface area contributed by atoms with Gasteiger partial charge in [0.15, 0.2) is 0 Å². The summed E-state index contributed by atoms with van der Waals surface area (Å²) in [7, 11) is 0. The van der Waals surface area contributed by atoms with Crippen LogP contribution in [-0.4, -0.2) is 13.7 Å². The Morgan fingerprint density at radius 2 is 0.778 bits per heavy atom. The molecule has 0 spiro atoms. The van der Waals surface area contributed by atoms with Gasteiger partial charge in [-0.15, -0.1) is 0 Å². The zero-order valence-electron chi connectivity index (χ0n) is 34.4. The van der Waals surface area contributed by atoms with Crippen molar-refractivity contribution >= 4 is 65.4 Å². The van der Waals surface area contributed by atoms with Crippen molar-refractivity contribution in [2.24, 2.45) is 0 Å². The van der Waals surface area contributed by atoms with E-state index in [1.165, 1.54) is 98.8 Å². The summed E-state index contributed by atoms with van der Waals surface area (Å²) in [5.41, 5.74) is 17.6. The highest BCUT2D eigenvalue weighted by Crippen LogP contribution is 2.46. The van der Waals surface area contributed by atoms with E-state index in [2.05, 4.69) is 250 Å². The predicted molar refractivity (Wildman–Crippen MR) is 266 cm³/mol. The lowest BCUT2D eigenvalue weighted by Crippen LogP contribution is -2.01. The highest BCUT2D eigenvalue weighted by molar-refractivity contribution is 6.26. The fraction of sp³-hybridized carbons (Fsp3) is 0. The van der Waals surface area contributed by atoms with Gasteiger partial charge in [-0.25, -0.2) is 0 Å². The molecule has 63 heavy (non-hydrogen) atoms. The van der Waals surface area contributed by atoms with Gasteiger partial charge in [0.25, 0.3) is 0 Å². The number of nitrogens with zero attached hydrogens (tertiary/aromatic N) is 3. The first-order chi connectivity index (χ1) is 31.3. The van der Waals surface area contributed by atoms with E-state index >= 15 is 0 Å². The minimum Gasteiger partial charge on any atom is -0.309 e. The van der Waals surface area contributed by atoms with E-state index in [1.807, 2.05) is 0 Å². The molecular formula is C60H39N3. The average molecular weight is 802 g/mol. The third-order valence-electron chi connectivity index (χ3n) is 13.0. The van der Waals surface area contributed by atoms with Gasteiger partial charge >= 0.3 is 0 Å². The molecule has 0 aliphatic heterocycles. The Hall–Kier alpha value is -8.40. The molecule has 13 rings (SSSR count). The second kappa shape index (κ2) is 14.1. The molecule has 0 saturated carbocycles. The third-order valence-corrected chi connectivity index (χ3v) is 13.0. The Kier molecular flexibility index (Phi) is 7.91. The van der Waals surface area contributed by atoms with Gasteiger partial charge in [0.05, 0.1) is 44.5 Å². The van der Waals surface area contributed by atoms with Crippen LogP contribution in [0.5, 0.6) is 0 Å². The molecule has 3 heteroatoms. The van der Waals surface area contributed by atoms with E-state index in [4.69, 9.17) is 0 Å². The van der Waals surface area contributed by atoms with Crippen LogP contribution < -0.4 is 0 Å². The van der Waals surface area contributed by atoms with Gasteiger partial charge in [0.2, 0.25) is 0 Å². The molecule has 0 unspecified atom stereocenters. The van der Waals surface area contributed by atoms with Crippen LogP contribution in [0.2, 0.25) is 0 Å². The summed E-state index contributed by atoms with van der Waals surface area (Å²) in [5, 5.41) is 7.42. The molecule has 13 aromatic rings. The molecule has 3 nitrogen and oxygen atoms in total. The van der Waals surface area contributed by atoms with E-state index in [-0.39, 0.29) is 0 Å². The lowest BCUT2D eigenvalue weighted by Gasteiger charge is -2.19. The zero-order valence-corrected chi connectivity index (χ0v) is 34.4. The van der Waals surface area contributed by atoms with E-state index in [9.17, 15) is 0 Å². The predicted octanol–water partition coefficient (Wildman–Crippen LogP) is 16.0. The monoisotopic (exact) mass is 801 g/mol. The summed E-state index contributed by atoms with van der Waals surface area (Å²) in [6.07, 6.45) is 0. The highest BCUT2D eigenvalue weighted by atomic mass is 15.0. The number of aromatic nitrogens is 3. The molecule has 0 atom stereocenters. The molecule has 0 saturated heterocycles. The fourth-order valence-corrected chi connectivity index (χ4v) is 10.4. The van der Waals surface area contributed by atoms with Crippen LogP contribution in [0.4, 0.5) is 0 Å². The number of benzene rings is 10. The van der Waals surface area contributed by atoms with E-state index < -0.39 is 0 Å².